The minimum absolute atomic E-state index is 0.132. The van der Waals surface area contributed by atoms with E-state index in [0.29, 0.717) is 13.0 Å². The Morgan fingerprint density at radius 2 is 2.33 bits per heavy atom. The first-order chi connectivity index (χ1) is 8.70. The van der Waals surface area contributed by atoms with Gasteiger partial charge >= 0.3 is 0 Å². The summed E-state index contributed by atoms with van der Waals surface area (Å²) in [5.74, 6) is 0. The Hall–Kier alpha value is -1.14. The second-order valence-corrected chi connectivity index (χ2v) is 5.32. The van der Waals surface area contributed by atoms with Gasteiger partial charge in [-0.05, 0) is 24.1 Å². The summed E-state index contributed by atoms with van der Waals surface area (Å²) in [6, 6.07) is 3.53. The van der Waals surface area contributed by atoms with Crippen molar-refractivity contribution >= 4 is 17.0 Å². The molecule has 1 aliphatic rings. The molecule has 0 saturated carbocycles. The SMILES string of the molecule is O=C(SC(CO)c1ccncc1)N1CC[C@H](F)C1. The highest BCUT2D eigenvalue weighted by Gasteiger charge is 2.28. The molecule has 1 unspecified atom stereocenters. The molecule has 1 fully saturated rings. The first-order valence-corrected chi connectivity index (χ1v) is 6.69. The summed E-state index contributed by atoms with van der Waals surface area (Å²) in [7, 11) is 0. The predicted octanol–water partition coefficient (Wildman–Crippen LogP) is 2.01. The fourth-order valence-corrected chi connectivity index (χ4v) is 2.79. The number of aromatic nitrogens is 1. The number of pyridine rings is 1. The van der Waals surface area contributed by atoms with Gasteiger partial charge in [-0.2, -0.15) is 0 Å². The van der Waals surface area contributed by atoms with Crippen molar-refractivity contribution < 1.29 is 14.3 Å². The van der Waals surface area contributed by atoms with Crippen molar-refractivity contribution in [3.8, 4) is 0 Å². The van der Waals surface area contributed by atoms with Gasteiger partial charge in [-0.25, -0.2) is 4.39 Å². The van der Waals surface area contributed by atoms with Crippen LogP contribution >= 0.6 is 11.8 Å². The van der Waals surface area contributed by atoms with Crippen molar-refractivity contribution in [2.24, 2.45) is 0 Å². The summed E-state index contributed by atoms with van der Waals surface area (Å²) in [6.45, 7) is 0.495. The number of hydrogen-bond acceptors (Lipinski definition) is 4. The highest BCUT2D eigenvalue weighted by Crippen LogP contribution is 2.31. The molecule has 2 atom stereocenters. The van der Waals surface area contributed by atoms with E-state index in [9.17, 15) is 14.3 Å². The number of aliphatic hydroxyl groups is 1. The molecule has 98 valence electrons. The Morgan fingerprint density at radius 1 is 1.61 bits per heavy atom. The van der Waals surface area contributed by atoms with E-state index in [-0.39, 0.29) is 23.6 Å². The lowest BCUT2D eigenvalue weighted by Gasteiger charge is -2.18. The Bertz CT molecular complexity index is 404. The largest absolute Gasteiger partial charge is 0.395 e. The molecule has 1 aromatic rings. The lowest BCUT2D eigenvalue weighted by molar-refractivity contribution is 0.228. The normalized spacial score (nSPS) is 21.0. The van der Waals surface area contributed by atoms with Crippen molar-refractivity contribution in [2.45, 2.75) is 17.8 Å². The summed E-state index contributed by atoms with van der Waals surface area (Å²) in [6.07, 6.45) is 2.74. The summed E-state index contributed by atoms with van der Waals surface area (Å²) in [5.41, 5.74) is 0.849. The molecule has 0 aliphatic carbocycles. The van der Waals surface area contributed by atoms with Crippen LogP contribution in [0.5, 0.6) is 0 Å². The molecular weight excluding hydrogens is 255 g/mol. The smallest absolute Gasteiger partial charge is 0.282 e. The third kappa shape index (κ3) is 3.20. The maximum atomic E-state index is 13.0. The van der Waals surface area contributed by atoms with Crippen LogP contribution in [0, 0.1) is 0 Å². The van der Waals surface area contributed by atoms with Crippen LogP contribution in [0.3, 0.4) is 0 Å². The number of likely N-dealkylation sites (tertiary alicyclic amines) is 1. The van der Waals surface area contributed by atoms with Crippen LogP contribution in [0.25, 0.3) is 0 Å². The minimum atomic E-state index is -0.914. The summed E-state index contributed by atoms with van der Waals surface area (Å²) < 4.78 is 13.0. The summed E-state index contributed by atoms with van der Waals surface area (Å²) >= 11 is 1.04. The zero-order valence-corrected chi connectivity index (χ0v) is 10.6. The number of halogens is 1. The lowest BCUT2D eigenvalue weighted by atomic mass is 10.2. The molecule has 0 radical (unpaired) electrons. The maximum Gasteiger partial charge on any atom is 0.282 e. The molecule has 0 aromatic carbocycles. The predicted molar refractivity (Wildman–Crippen MR) is 68.1 cm³/mol. The Labute approximate surface area is 109 Å². The van der Waals surface area contributed by atoms with E-state index in [2.05, 4.69) is 4.98 Å². The second kappa shape index (κ2) is 6.15. The topological polar surface area (TPSA) is 53.4 Å². The van der Waals surface area contributed by atoms with E-state index in [4.69, 9.17) is 0 Å². The van der Waals surface area contributed by atoms with Crippen molar-refractivity contribution in [1.29, 1.82) is 0 Å². The number of thioether (sulfide) groups is 1. The first kappa shape index (κ1) is 13.3. The average Bonchev–Trinajstić information content (AvgIpc) is 2.83. The van der Waals surface area contributed by atoms with Gasteiger partial charge in [0, 0.05) is 18.9 Å². The van der Waals surface area contributed by atoms with Crippen LogP contribution in [0.4, 0.5) is 9.18 Å². The zero-order valence-electron chi connectivity index (χ0n) is 9.83. The maximum absolute atomic E-state index is 13.0. The third-order valence-electron chi connectivity index (χ3n) is 2.88. The molecule has 1 N–H and O–H groups in total. The van der Waals surface area contributed by atoms with Crippen LogP contribution in [-0.4, -0.2) is 46.1 Å². The molecule has 1 amide bonds. The molecule has 1 aliphatic heterocycles. The molecule has 2 heterocycles. The zero-order chi connectivity index (χ0) is 13.0. The lowest BCUT2D eigenvalue weighted by Crippen LogP contribution is -2.26. The van der Waals surface area contributed by atoms with Crippen LogP contribution in [0.15, 0.2) is 24.5 Å². The van der Waals surface area contributed by atoms with Gasteiger partial charge in [0.25, 0.3) is 5.24 Å². The van der Waals surface area contributed by atoms with E-state index >= 15 is 0 Å². The van der Waals surface area contributed by atoms with Gasteiger partial charge in [-0.3, -0.25) is 9.78 Å². The van der Waals surface area contributed by atoms with Crippen molar-refractivity contribution in [3.63, 3.8) is 0 Å². The molecular formula is C12H15FN2O2S. The van der Waals surface area contributed by atoms with Gasteiger partial charge in [-0.1, -0.05) is 11.8 Å². The first-order valence-electron chi connectivity index (χ1n) is 5.81. The molecule has 2 rings (SSSR count). The molecule has 1 saturated heterocycles. The van der Waals surface area contributed by atoms with Crippen molar-refractivity contribution in [3.05, 3.63) is 30.1 Å². The number of aliphatic hydroxyl groups excluding tert-OH is 1. The molecule has 18 heavy (non-hydrogen) atoms. The molecule has 0 spiro atoms. The quantitative estimate of drug-likeness (QED) is 0.913. The molecule has 0 bridgehead atoms. The van der Waals surface area contributed by atoms with Crippen LogP contribution in [-0.2, 0) is 0 Å². The van der Waals surface area contributed by atoms with Gasteiger partial charge < -0.3 is 10.0 Å². The van der Waals surface area contributed by atoms with E-state index in [0.717, 1.165) is 17.3 Å². The summed E-state index contributed by atoms with van der Waals surface area (Å²) in [4.78, 5) is 17.3. The number of nitrogens with zero attached hydrogens (tertiary/aromatic N) is 2. The van der Waals surface area contributed by atoms with Crippen LogP contribution in [0.1, 0.15) is 17.2 Å². The van der Waals surface area contributed by atoms with Gasteiger partial charge in [0.1, 0.15) is 6.17 Å². The Morgan fingerprint density at radius 3 is 2.89 bits per heavy atom. The fraction of sp³-hybridized carbons (Fsp3) is 0.500. The average molecular weight is 270 g/mol. The van der Waals surface area contributed by atoms with E-state index in [1.165, 1.54) is 4.90 Å². The third-order valence-corrected chi connectivity index (χ3v) is 4.04. The summed E-state index contributed by atoms with van der Waals surface area (Å²) in [5, 5.41) is 8.84. The van der Waals surface area contributed by atoms with Crippen LogP contribution < -0.4 is 0 Å². The number of rotatable bonds is 3. The van der Waals surface area contributed by atoms with Gasteiger partial charge in [0.2, 0.25) is 0 Å². The van der Waals surface area contributed by atoms with E-state index < -0.39 is 6.17 Å². The standard InChI is InChI=1S/C12H15FN2O2S/c13-10-3-6-15(7-10)12(17)18-11(8-16)9-1-4-14-5-2-9/h1-2,4-5,10-11,16H,3,6-8H2/t10-,11?/m0/s1. The number of carbonyl (C=O) groups is 1. The number of hydrogen-bond donors (Lipinski definition) is 1. The monoisotopic (exact) mass is 270 g/mol. The van der Waals surface area contributed by atoms with Crippen LogP contribution in [0.2, 0.25) is 0 Å². The molecule has 1 aromatic heterocycles. The van der Waals surface area contributed by atoms with Gasteiger partial charge in [0.05, 0.1) is 18.4 Å². The number of carbonyl (C=O) groups excluding carboxylic acids is 1. The van der Waals surface area contributed by atoms with E-state index in [1.807, 2.05) is 0 Å². The van der Waals surface area contributed by atoms with Crippen molar-refractivity contribution in [1.82, 2.24) is 9.88 Å². The minimum Gasteiger partial charge on any atom is -0.395 e. The van der Waals surface area contributed by atoms with Gasteiger partial charge in [0.15, 0.2) is 0 Å². The molecule has 4 nitrogen and oxygen atoms in total. The van der Waals surface area contributed by atoms with E-state index in [1.54, 1.807) is 24.5 Å². The van der Waals surface area contributed by atoms with Crippen molar-refractivity contribution in [2.75, 3.05) is 19.7 Å². The highest BCUT2D eigenvalue weighted by molar-refractivity contribution is 8.13. The number of amides is 1. The van der Waals surface area contributed by atoms with Gasteiger partial charge in [-0.15, -0.1) is 0 Å². The Balaban J connectivity index is 1.96. The highest BCUT2D eigenvalue weighted by atomic mass is 32.2. The Kier molecular flexibility index (Phi) is 4.54. The second-order valence-electron chi connectivity index (χ2n) is 4.17. The number of alkyl halides is 1. The fourth-order valence-electron chi connectivity index (χ4n) is 1.87. The molecule has 6 heteroatoms.